The molecule has 1 amide bonds. The van der Waals surface area contributed by atoms with Crippen LogP contribution >= 0.6 is 11.3 Å². The minimum Gasteiger partial charge on any atom is -0.497 e. The Morgan fingerprint density at radius 1 is 0.921 bits per heavy atom. The fourth-order valence-corrected chi connectivity index (χ4v) is 6.42. The third kappa shape index (κ3) is 4.48. The number of amides is 1. The van der Waals surface area contributed by atoms with Gasteiger partial charge in [-0.05, 0) is 53.4 Å². The Kier molecular flexibility index (Phi) is 6.36. The molecule has 0 aliphatic rings. The summed E-state index contributed by atoms with van der Waals surface area (Å²) >= 11 is 0.851. The van der Waals surface area contributed by atoms with Crippen LogP contribution in [0.15, 0.2) is 93.0 Å². The Morgan fingerprint density at radius 3 is 2.16 bits per heavy atom. The fraction of sp³-hybridized carbons (Fsp3) is 0.172. The first-order chi connectivity index (χ1) is 18.0. The standard InChI is InChI=1S/C29H25NO6S2/c1-29(2,3)19-11-15-21(16-12-19)38(33,34)30(27(31)18-9-13-20(35-4)14-10-18)24-17-25-26(36-28(32)37-25)23-8-6-5-7-22(23)24/h5-17H,1-4H3. The molecule has 0 saturated heterocycles. The molecule has 0 spiro atoms. The molecule has 38 heavy (non-hydrogen) atoms. The molecule has 4 aromatic carbocycles. The van der Waals surface area contributed by atoms with Crippen LogP contribution in [0.25, 0.3) is 21.1 Å². The zero-order valence-corrected chi connectivity index (χ0v) is 22.9. The van der Waals surface area contributed by atoms with Crippen molar-refractivity contribution in [2.45, 2.75) is 31.1 Å². The Labute approximate surface area is 224 Å². The van der Waals surface area contributed by atoms with Crippen LogP contribution in [0.1, 0.15) is 36.7 Å². The van der Waals surface area contributed by atoms with E-state index < -0.39 is 20.9 Å². The Bertz CT molecular complexity index is 1830. The Hall–Kier alpha value is -3.95. The molecule has 0 bridgehead atoms. The summed E-state index contributed by atoms with van der Waals surface area (Å²) in [5.74, 6) is -0.211. The number of hydrogen-bond acceptors (Lipinski definition) is 7. The highest BCUT2D eigenvalue weighted by Crippen LogP contribution is 2.38. The fourth-order valence-electron chi connectivity index (χ4n) is 4.28. The van der Waals surface area contributed by atoms with E-state index in [9.17, 15) is 18.0 Å². The average Bonchev–Trinajstić information content (AvgIpc) is 3.28. The Morgan fingerprint density at radius 2 is 1.55 bits per heavy atom. The Balaban J connectivity index is 1.77. The second kappa shape index (κ2) is 9.41. The van der Waals surface area contributed by atoms with E-state index in [2.05, 4.69) is 0 Å². The molecule has 5 rings (SSSR count). The lowest BCUT2D eigenvalue weighted by Gasteiger charge is -2.25. The lowest BCUT2D eigenvalue weighted by Crippen LogP contribution is -2.37. The van der Waals surface area contributed by atoms with E-state index in [1.54, 1.807) is 48.5 Å². The molecule has 1 heterocycles. The van der Waals surface area contributed by atoms with Crippen LogP contribution in [0.3, 0.4) is 0 Å². The van der Waals surface area contributed by atoms with Gasteiger partial charge in [-0.25, -0.2) is 13.2 Å². The molecule has 5 aromatic rings. The molecule has 0 saturated carbocycles. The quantitative estimate of drug-likeness (QED) is 0.255. The highest BCUT2D eigenvalue weighted by atomic mass is 32.2. The van der Waals surface area contributed by atoms with E-state index in [1.807, 2.05) is 20.8 Å². The number of sulfonamides is 1. The predicted octanol–water partition coefficient (Wildman–Crippen LogP) is 6.35. The number of carbonyl (C=O) groups is 1. The van der Waals surface area contributed by atoms with E-state index in [0.29, 0.717) is 26.8 Å². The molecule has 7 nitrogen and oxygen atoms in total. The molecule has 0 atom stereocenters. The summed E-state index contributed by atoms with van der Waals surface area (Å²) in [7, 11) is -2.88. The molecule has 9 heteroatoms. The van der Waals surface area contributed by atoms with Crippen LogP contribution in [-0.4, -0.2) is 21.4 Å². The van der Waals surface area contributed by atoms with Crippen LogP contribution in [0.5, 0.6) is 5.75 Å². The minimum atomic E-state index is -4.38. The number of benzene rings is 4. The van der Waals surface area contributed by atoms with Crippen molar-refractivity contribution in [3.63, 3.8) is 0 Å². The van der Waals surface area contributed by atoms with Gasteiger partial charge in [-0.2, -0.15) is 4.31 Å². The molecular formula is C29H25NO6S2. The lowest BCUT2D eigenvalue weighted by atomic mass is 9.87. The average molecular weight is 548 g/mol. The van der Waals surface area contributed by atoms with Crippen LogP contribution in [0.4, 0.5) is 5.69 Å². The maximum atomic E-state index is 14.2. The first-order valence-electron chi connectivity index (χ1n) is 11.8. The third-order valence-corrected chi connectivity index (χ3v) is 8.80. The summed E-state index contributed by atoms with van der Waals surface area (Å²) in [5.41, 5.74) is 1.42. The normalized spacial score (nSPS) is 12.1. The SMILES string of the molecule is COc1ccc(C(=O)N(c2cc3sc(=O)oc3c3ccccc23)S(=O)(=O)c2ccc(C(C)(C)C)cc2)cc1. The van der Waals surface area contributed by atoms with Gasteiger partial charge in [0, 0.05) is 16.3 Å². The van der Waals surface area contributed by atoms with Crippen molar-refractivity contribution < 1.29 is 22.4 Å². The van der Waals surface area contributed by atoms with Gasteiger partial charge in [0.25, 0.3) is 15.9 Å². The minimum absolute atomic E-state index is 0.0306. The van der Waals surface area contributed by atoms with Gasteiger partial charge in [0.15, 0.2) is 5.58 Å². The predicted molar refractivity (Wildman–Crippen MR) is 150 cm³/mol. The van der Waals surface area contributed by atoms with E-state index in [-0.39, 0.29) is 21.6 Å². The van der Waals surface area contributed by atoms with Crippen molar-refractivity contribution in [2.24, 2.45) is 0 Å². The van der Waals surface area contributed by atoms with Gasteiger partial charge in [-0.1, -0.05) is 68.5 Å². The molecule has 1 aromatic heterocycles. The highest BCUT2D eigenvalue weighted by Gasteiger charge is 2.34. The first kappa shape index (κ1) is 25.7. The molecule has 0 fully saturated rings. The van der Waals surface area contributed by atoms with Crippen molar-refractivity contribution in [2.75, 3.05) is 11.4 Å². The van der Waals surface area contributed by atoms with Gasteiger partial charge in [0.05, 0.1) is 22.4 Å². The van der Waals surface area contributed by atoms with Crippen molar-refractivity contribution in [1.82, 2.24) is 0 Å². The van der Waals surface area contributed by atoms with Crippen LogP contribution < -0.4 is 14.0 Å². The third-order valence-electron chi connectivity index (χ3n) is 6.32. The van der Waals surface area contributed by atoms with Gasteiger partial charge in [-0.15, -0.1) is 0 Å². The van der Waals surface area contributed by atoms with E-state index in [0.717, 1.165) is 21.2 Å². The largest absolute Gasteiger partial charge is 0.497 e. The van der Waals surface area contributed by atoms with Crippen LogP contribution in [-0.2, 0) is 15.4 Å². The van der Waals surface area contributed by atoms with Crippen molar-refractivity contribution in [1.29, 1.82) is 0 Å². The molecule has 0 radical (unpaired) electrons. The smallest absolute Gasteiger partial charge is 0.396 e. The van der Waals surface area contributed by atoms with Crippen molar-refractivity contribution >= 4 is 54.0 Å². The summed E-state index contributed by atoms with van der Waals surface area (Å²) in [6.07, 6.45) is 0. The van der Waals surface area contributed by atoms with Crippen molar-refractivity contribution in [3.05, 3.63) is 99.7 Å². The molecule has 0 N–H and O–H groups in total. The summed E-state index contributed by atoms with van der Waals surface area (Å²) < 4.78 is 40.3. The second-order valence-corrected chi connectivity index (χ2v) is 12.6. The van der Waals surface area contributed by atoms with Crippen LogP contribution in [0.2, 0.25) is 0 Å². The topological polar surface area (TPSA) is 93.9 Å². The number of ether oxygens (including phenoxy) is 1. The van der Waals surface area contributed by atoms with Gasteiger partial charge < -0.3 is 9.15 Å². The monoisotopic (exact) mass is 547 g/mol. The summed E-state index contributed by atoms with van der Waals surface area (Å²) in [4.78, 5) is 25.6. The second-order valence-electron chi connectivity index (χ2n) is 9.80. The molecule has 0 aliphatic heterocycles. The number of rotatable bonds is 5. The first-order valence-corrected chi connectivity index (χ1v) is 14.1. The van der Waals surface area contributed by atoms with Gasteiger partial charge >= 0.3 is 4.94 Å². The maximum Gasteiger partial charge on any atom is 0.396 e. The summed E-state index contributed by atoms with van der Waals surface area (Å²) in [5, 5.41) is 0.988. The van der Waals surface area contributed by atoms with Crippen molar-refractivity contribution in [3.8, 4) is 5.75 Å². The number of methoxy groups -OCH3 is 1. The molecule has 0 unspecified atom stereocenters. The molecule has 194 valence electrons. The number of nitrogens with zero attached hydrogens (tertiary/aromatic N) is 1. The number of hydrogen-bond donors (Lipinski definition) is 0. The number of anilines is 1. The molecular weight excluding hydrogens is 522 g/mol. The lowest BCUT2D eigenvalue weighted by molar-refractivity contribution is 0.101. The van der Waals surface area contributed by atoms with E-state index >= 15 is 0 Å². The van der Waals surface area contributed by atoms with Gasteiger partial charge in [0.2, 0.25) is 0 Å². The number of fused-ring (bicyclic) bond motifs is 3. The van der Waals surface area contributed by atoms with E-state index in [4.69, 9.17) is 9.15 Å². The molecule has 0 aliphatic carbocycles. The van der Waals surface area contributed by atoms with Crippen LogP contribution in [0, 0.1) is 0 Å². The summed E-state index contributed by atoms with van der Waals surface area (Å²) in [6.45, 7) is 6.11. The van der Waals surface area contributed by atoms with Gasteiger partial charge in [-0.3, -0.25) is 4.79 Å². The van der Waals surface area contributed by atoms with E-state index in [1.165, 1.54) is 37.4 Å². The van der Waals surface area contributed by atoms with Gasteiger partial charge in [0.1, 0.15) is 5.75 Å². The maximum absolute atomic E-state index is 14.2. The summed E-state index contributed by atoms with van der Waals surface area (Å²) in [6, 6.07) is 21.2. The zero-order chi connectivity index (χ0) is 27.2. The highest BCUT2D eigenvalue weighted by molar-refractivity contribution is 7.93. The number of carbonyl (C=O) groups excluding carboxylic acids is 1. The zero-order valence-electron chi connectivity index (χ0n) is 21.2.